The molecule has 1 saturated carbocycles. The second kappa shape index (κ2) is 9.80. The van der Waals surface area contributed by atoms with Crippen molar-refractivity contribution in [2.75, 3.05) is 0 Å². The van der Waals surface area contributed by atoms with Crippen molar-refractivity contribution in [3.05, 3.63) is 29.3 Å². The van der Waals surface area contributed by atoms with E-state index in [1.165, 1.54) is 0 Å². The maximum absolute atomic E-state index is 11.0. The summed E-state index contributed by atoms with van der Waals surface area (Å²) in [5, 5.41) is 0. The Labute approximate surface area is 211 Å². The Kier molecular flexibility index (Phi) is 10.9. The molecule has 0 spiro atoms. The Morgan fingerprint density at radius 1 is 1.14 bits per heavy atom. The molecule has 106 valence electrons. The van der Waals surface area contributed by atoms with Crippen molar-refractivity contribution in [2.24, 2.45) is 5.92 Å². The third-order valence-electron chi connectivity index (χ3n) is 3.72. The summed E-state index contributed by atoms with van der Waals surface area (Å²) >= 11 is 0. The zero-order valence-electron chi connectivity index (χ0n) is 13.5. The number of rotatable bonds is 5. The van der Waals surface area contributed by atoms with Gasteiger partial charge in [0.2, 0.25) is 0 Å². The molecule has 1 aromatic rings. The van der Waals surface area contributed by atoms with Gasteiger partial charge in [-0.05, 0) is 41.7 Å². The van der Waals surface area contributed by atoms with Gasteiger partial charge in [-0.3, -0.25) is 0 Å². The zero-order valence-corrected chi connectivity index (χ0v) is 20.6. The average molecular weight is 360 g/mol. The van der Waals surface area contributed by atoms with Crippen molar-refractivity contribution in [3.8, 4) is 5.75 Å². The van der Waals surface area contributed by atoms with Gasteiger partial charge in [0, 0.05) is 0 Å². The maximum atomic E-state index is 11.0. The standard InChI is InChI=1S/C14H21O4P.2K/c1-9(2)12-5-4-6-13(10(3)11-7-8-11)14(12)18-19(15,16)17;;/h4-6,9-11H,7-8H2,1-3H3,(H2,15,16,17);;/q;2*+1/p-2/t10-;;/m1../s1. The van der Waals surface area contributed by atoms with E-state index in [1.54, 1.807) is 0 Å². The summed E-state index contributed by atoms with van der Waals surface area (Å²) in [5.74, 6) is 1.15. The van der Waals surface area contributed by atoms with Gasteiger partial charge in [0.15, 0.2) is 0 Å². The van der Waals surface area contributed by atoms with Crippen LogP contribution in [0.4, 0.5) is 0 Å². The zero-order chi connectivity index (χ0) is 14.2. The molecule has 7 heteroatoms. The third-order valence-corrected chi connectivity index (χ3v) is 4.13. The largest absolute Gasteiger partial charge is 1.00 e. The number of para-hydroxylation sites is 1. The van der Waals surface area contributed by atoms with Crippen molar-refractivity contribution < 1.29 is 122 Å². The molecule has 1 atom stereocenters. The number of hydrogen-bond acceptors (Lipinski definition) is 4. The quantitative estimate of drug-likeness (QED) is 0.404. The minimum absolute atomic E-state index is 0. The van der Waals surface area contributed by atoms with E-state index < -0.39 is 7.82 Å². The fourth-order valence-corrected chi connectivity index (χ4v) is 2.89. The number of benzene rings is 1. The van der Waals surface area contributed by atoms with Gasteiger partial charge in [0.05, 0.1) is 0 Å². The van der Waals surface area contributed by atoms with Crippen molar-refractivity contribution in [3.63, 3.8) is 0 Å². The first kappa shape index (κ1) is 23.4. The van der Waals surface area contributed by atoms with E-state index in [4.69, 9.17) is 4.52 Å². The fraction of sp³-hybridized carbons (Fsp3) is 0.571. The predicted molar refractivity (Wildman–Crippen MR) is 69.9 cm³/mol. The average Bonchev–Trinajstić information content (AvgIpc) is 3.09. The van der Waals surface area contributed by atoms with Crippen LogP contribution < -0.4 is 117 Å². The van der Waals surface area contributed by atoms with E-state index in [2.05, 4.69) is 6.92 Å². The molecule has 0 amide bonds. The number of phosphoric acid groups is 1. The van der Waals surface area contributed by atoms with Crippen molar-refractivity contribution in [1.82, 2.24) is 0 Å². The van der Waals surface area contributed by atoms with Gasteiger partial charge >= 0.3 is 103 Å². The summed E-state index contributed by atoms with van der Waals surface area (Å²) in [5.41, 5.74) is 1.61. The second-order valence-electron chi connectivity index (χ2n) is 5.58. The van der Waals surface area contributed by atoms with Crippen molar-refractivity contribution in [1.29, 1.82) is 0 Å². The molecule has 0 saturated heterocycles. The number of phosphoric ester groups is 1. The minimum atomic E-state index is -5.03. The smallest absolute Gasteiger partial charge is 0.780 e. The Morgan fingerprint density at radius 2 is 1.67 bits per heavy atom. The van der Waals surface area contributed by atoms with Crippen LogP contribution in [0, 0.1) is 5.92 Å². The molecule has 0 aromatic heterocycles. The van der Waals surface area contributed by atoms with Gasteiger partial charge < -0.3 is 18.9 Å². The van der Waals surface area contributed by atoms with E-state index in [0.29, 0.717) is 5.92 Å². The monoisotopic (exact) mass is 360 g/mol. The van der Waals surface area contributed by atoms with Crippen LogP contribution in [0.5, 0.6) is 5.75 Å². The fourth-order valence-electron chi connectivity index (χ4n) is 2.45. The molecule has 2 rings (SSSR count). The SMILES string of the molecule is CC(C)c1cccc([C@H](C)C2CC2)c1OP(=O)([O-])[O-].[K+].[K+]. The molecule has 0 unspecified atom stereocenters. The van der Waals surface area contributed by atoms with E-state index in [1.807, 2.05) is 32.0 Å². The summed E-state index contributed by atoms with van der Waals surface area (Å²) in [4.78, 5) is 22.0. The minimum Gasteiger partial charge on any atom is -0.780 e. The Balaban J connectivity index is 0.00000200. The van der Waals surface area contributed by atoms with Crippen molar-refractivity contribution in [2.45, 2.75) is 45.4 Å². The first-order valence-electron chi connectivity index (χ1n) is 6.64. The summed E-state index contributed by atoms with van der Waals surface area (Å²) < 4.78 is 15.8. The molecule has 1 aliphatic rings. The molecule has 0 N–H and O–H groups in total. The summed E-state index contributed by atoms with van der Waals surface area (Å²) in [6.07, 6.45) is 2.30. The van der Waals surface area contributed by atoms with E-state index >= 15 is 0 Å². The van der Waals surface area contributed by atoms with Crippen LogP contribution in [0.3, 0.4) is 0 Å². The molecule has 1 fully saturated rings. The van der Waals surface area contributed by atoms with Crippen molar-refractivity contribution >= 4 is 7.82 Å². The van der Waals surface area contributed by atoms with Crippen LogP contribution in [0.15, 0.2) is 18.2 Å². The van der Waals surface area contributed by atoms with Gasteiger partial charge in [-0.25, -0.2) is 0 Å². The van der Waals surface area contributed by atoms with E-state index in [0.717, 1.165) is 24.0 Å². The number of hydrogen-bond donors (Lipinski definition) is 0. The van der Waals surface area contributed by atoms with E-state index in [9.17, 15) is 14.4 Å². The summed E-state index contributed by atoms with van der Waals surface area (Å²) in [7, 11) is -5.03. The Bertz CT molecular complexity index is 512. The van der Waals surface area contributed by atoms with Crippen LogP contribution in [0.2, 0.25) is 0 Å². The normalized spacial score (nSPS) is 15.9. The van der Waals surface area contributed by atoms with Crippen LogP contribution in [-0.2, 0) is 4.57 Å². The first-order valence-corrected chi connectivity index (χ1v) is 8.10. The van der Waals surface area contributed by atoms with Gasteiger partial charge in [-0.1, -0.05) is 39.0 Å². The third kappa shape index (κ3) is 7.06. The molecule has 4 nitrogen and oxygen atoms in total. The van der Waals surface area contributed by atoms with Crippen LogP contribution in [-0.4, -0.2) is 0 Å². The first-order chi connectivity index (χ1) is 8.79. The Hall–Kier alpha value is 2.44. The van der Waals surface area contributed by atoms with Gasteiger partial charge in [-0.15, -0.1) is 0 Å². The summed E-state index contributed by atoms with van der Waals surface area (Å²) in [6.45, 7) is 5.97. The molecule has 0 aliphatic heterocycles. The maximum Gasteiger partial charge on any atom is 1.00 e. The molecule has 1 aliphatic carbocycles. The molecule has 1 aromatic carbocycles. The topological polar surface area (TPSA) is 72.4 Å². The van der Waals surface area contributed by atoms with Gasteiger partial charge in [0.25, 0.3) is 0 Å². The summed E-state index contributed by atoms with van der Waals surface area (Å²) in [6, 6.07) is 5.58. The van der Waals surface area contributed by atoms with Crippen LogP contribution in [0.1, 0.15) is 56.6 Å². The van der Waals surface area contributed by atoms with Gasteiger partial charge in [0.1, 0.15) is 13.6 Å². The molecule has 0 heterocycles. The van der Waals surface area contributed by atoms with E-state index in [-0.39, 0.29) is 120 Å². The molecule has 21 heavy (non-hydrogen) atoms. The van der Waals surface area contributed by atoms with Crippen LogP contribution >= 0.6 is 7.82 Å². The molecular weight excluding hydrogens is 341 g/mol. The predicted octanol–water partition coefficient (Wildman–Crippen LogP) is -3.46. The molecular formula is C14H19K2O4P. The van der Waals surface area contributed by atoms with Crippen LogP contribution in [0.25, 0.3) is 0 Å². The molecule has 0 bridgehead atoms. The molecule has 0 radical (unpaired) electrons. The second-order valence-corrected chi connectivity index (χ2v) is 6.66. The van der Waals surface area contributed by atoms with Gasteiger partial charge in [-0.2, -0.15) is 0 Å². The Morgan fingerprint density at radius 3 is 2.10 bits per heavy atom.